The highest BCUT2D eigenvalue weighted by atomic mass is 19.1. The van der Waals surface area contributed by atoms with E-state index in [2.05, 4.69) is 16.0 Å². The predicted molar refractivity (Wildman–Crippen MR) is 100 cm³/mol. The van der Waals surface area contributed by atoms with Crippen molar-refractivity contribution in [1.29, 1.82) is 0 Å². The summed E-state index contributed by atoms with van der Waals surface area (Å²) >= 11 is 0. The van der Waals surface area contributed by atoms with Crippen LogP contribution >= 0.6 is 0 Å². The Kier molecular flexibility index (Phi) is 7.95. The molecule has 3 N–H and O–H groups in total. The van der Waals surface area contributed by atoms with Gasteiger partial charge in [0.15, 0.2) is 6.10 Å². The van der Waals surface area contributed by atoms with Crippen LogP contribution in [0.4, 0.5) is 9.18 Å². The van der Waals surface area contributed by atoms with Gasteiger partial charge in [-0.15, -0.1) is 0 Å². The average molecular weight is 387 g/mol. The third kappa shape index (κ3) is 7.45. The molecule has 0 aliphatic rings. The monoisotopic (exact) mass is 387 g/mol. The number of urea groups is 1. The molecule has 28 heavy (non-hydrogen) atoms. The van der Waals surface area contributed by atoms with E-state index in [1.165, 1.54) is 19.1 Å². The third-order valence-electron chi connectivity index (χ3n) is 3.75. The Hall–Kier alpha value is -3.42. The van der Waals surface area contributed by atoms with Crippen molar-refractivity contribution < 1.29 is 23.5 Å². The summed E-state index contributed by atoms with van der Waals surface area (Å²) in [6.07, 6.45) is -1.03. The molecule has 2 rings (SSSR count). The number of carbonyl (C=O) groups excluding carboxylic acids is 3. The second-order valence-corrected chi connectivity index (χ2v) is 6.00. The molecule has 3 amide bonds. The molecule has 0 radical (unpaired) electrons. The molecule has 0 aliphatic heterocycles. The predicted octanol–water partition coefficient (Wildman–Crippen LogP) is 1.87. The minimum atomic E-state index is -1.03. The number of rotatable bonds is 8. The van der Waals surface area contributed by atoms with E-state index in [1.54, 1.807) is 12.1 Å². The fraction of sp³-hybridized carbons (Fsp3) is 0.250. The average Bonchev–Trinajstić information content (AvgIpc) is 2.70. The lowest BCUT2D eigenvalue weighted by Gasteiger charge is -2.14. The highest BCUT2D eigenvalue weighted by molar-refractivity contribution is 5.85. The summed E-state index contributed by atoms with van der Waals surface area (Å²) < 4.78 is 17.8. The molecule has 0 saturated heterocycles. The number of ether oxygens (including phenoxy) is 1. The van der Waals surface area contributed by atoms with E-state index in [9.17, 15) is 18.8 Å². The Bertz CT molecular complexity index is 797. The Morgan fingerprint density at radius 1 is 0.893 bits per heavy atom. The summed E-state index contributed by atoms with van der Waals surface area (Å²) in [4.78, 5) is 35.4. The van der Waals surface area contributed by atoms with Crippen LogP contribution in [-0.4, -0.2) is 30.6 Å². The highest BCUT2D eigenvalue weighted by Gasteiger charge is 2.17. The van der Waals surface area contributed by atoms with Gasteiger partial charge in [-0.25, -0.2) is 9.18 Å². The van der Waals surface area contributed by atoms with Crippen LogP contribution < -0.4 is 16.0 Å². The van der Waals surface area contributed by atoms with Gasteiger partial charge in [-0.2, -0.15) is 0 Å². The molecule has 0 aliphatic carbocycles. The zero-order chi connectivity index (χ0) is 20.4. The van der Waals surface area contributed by atoms with E-state index in [0.29, 0.717) is 12.1 Å². The van der Waals surface area contributed by atoms with Crippen molar-refractivity contribution >= 4 is 17.9 Å². The number of nitrogens with one attached hydrogen (secondary N) is 3. The smallest absolute Gasteiger partial charge is 0.326 e. The molecule has 0 bridgehead atoms. The van der Waals surface area contributed by atoms with Gasteiger partial charge >= 0.3 is 12.0 Å². The lowest BCUT2D eigenvalue weighted by atomic mass is 10.2. The number of hydrogen-bond acceptors (Lipinski definition) is 4. The normalized spacial score (nSPS) is 11.2. The van der Waals surface area contributed by atoms with Gasteiger partial charge in [-0.3, -0.25) is 9.59 Å². The van der Waals surface area contributed by atoms with Crippen molar-refractivity contribution in [1.82, 2.24) is 16.0 Å². The first-order valence-corrected chi connectivity index (χ1v) is 8.71. The third-order valence-corrected chi connectivity index (χ3v) is 3.75. The molecule has 1 unspecified atom stereocenters. The first kappa shape index (κ1) is 20.9. The van der Waals surface area contributed by atoms with Crippen LogP contribution in [0.15, 0.2) is 54.6 Å². The Labute approximate surface area is 162 Å². The fourth-order valence-corrected chi connectivity index (χ4v) is 2.22. The molecule has 7 nitrogen and oxygen atoms in total. The van der Waals surface area contributed by atoms with Crippen molar-refractivity contribution in [2.75, 3.05) is 6.54 Å². The van der Waals surface area contributed by atoms with E-state index in [4.69, 9.17) is 4.74 Å². The molecule has 0 saturated carbocycles. The minimum Gasteiger partial charge on any atom is -0.451 e. The van der Waals surface area contributed by atoms with Crippen LogP contribution in [0.3, 0.4) is 0 Å². The van der Waals surface area contributed by atoms with E-state index in [0.717, 1.165) is 5.56 Å². The van der Waals surface area contributed by atoms with Gasteiger partial charge in [-0.05, 0) is 30.2 Å². The van der Waals surface area contributed by atoms with Gasteiger partial charge in [0.2, 0.25) is 0 Å². The van der Waals surface area contributed by atoms with Crippen LogP contribution in [0.25, 0.3) is 0 Å². The van der Waals surface area contributed by atoms with Crippen LogP contribution in [0.2, 0.25) is 0 Å². The molecule has 0 spiro atoms. The standard InChI is InChI=1S/C20H22FN3O4/c1-14(19(26)22-11-16-7-9-17(21)10-8-16)28-18(25)13-24-20(27)23-12-15-5-3-2-4-6-15/h2-10,14H,11-13H2,1H3,(H,22,26)(H2,23,24,27). The number of benzene rings is 2. The van der Waals surface area contributed by atoms with Crippen molar-refractivity contribution in [3.8, 4) is 0 Å². The van der Waals surface area contributed by atoms with Crippen LogP contribution in [0.5, 0.6) is 0 Å². The number of carbonyl (C=O) groups is 3. The minimum absolute atomic E-state index is 0.182. The lowest BCUT2D eigenvalue weighted by Crippen LogP contribution is -2.41. The molecule has 2 aromatic carbocycles. The first-order chi connectivity index (χ1) is 13.4. The van der Waals surface area contributed by atoms with Crippen molar-refractivity contribution in [2.24, 2.45) is 0 Å². The molecule has 148 valence electrons. The summed E-state index contributed by atoms with van der Waals surface area (Å²) in [7, 11) is 0. The summed E-state index contributed by atoms with van der Waals surface area (Å²) in [6.45, 7) is 1.56. The van der Waals surface area contributed by atoms with Crippen molar-refractivity contribution in [3.63, 3.8) is 0 Å². The quantitative estimate of drug-likeness (QED) is 0.603. The Balaban J connectivity index is 1.64. The summed E-state index contributed by atoms with van der Waals surface area (Å²) in [5.41, 5.74) is 1.64. The zero-order valence-corrected chi connectivity index (χ0v) is 15.4. The molecular weight excluding hydrogens is 365 g/mol. The van der Waals surface area contributed by atoms with Crippen LogP contribution in [0.1, 0.15) is 18.1 Å². The number of esters is 1. The molecular formula is C20H22FN3O4. The molecule has 0 heterocycles. The van der Waals surface area contributed by atoms with Gasteiger partial charge in [0.1, 0.15) is 12.4 Å². The van der Waals surface area contributed by atoms with Crippen molar-refractivity contribution in [2.45, 2.75) is 26.1 Å². The van der Waals surface area contributed by atoms with E-state index in [1.807, 2.05) is 30.3 Å². The maximum atomic E-state index is 12.8. The zero-order valence-electron chi connectivity index (χ0n) is 15.4. The molecule has 0 fully saturated rings. The van der Waals surface area contributed by atoms with E-state index in [-0.39, 0.29) is 18.9 Å². The maximum Gasteiger partial charge on any atom is 0.326 e. The SMILES string of the molecule is CC(OC(=O)CNC(=O)NCc1ccccc1)C(=O)NCc1ccc(F)cc1. The first-order valence-electron chi connectivity index (χ1n) is 8.71. The summed E-state index contributed by atoms with van der Waals surface area (Å²) in [5.74, 6) is -1.59. The molecule has 1 atom stereocenters. The number of halogens is 1. The molecule has 0 aromatic heterocycles. The second-order valence-electron chi connectivity index (χ2n) is 6.00. The highest BCUT2D eigenvalue weighted by Crippen LogP contribution is 2.02. The van der Waals surface area contributed by atoms with Gasteiger partial charge in [0.05, 0.1) is 0 Å². The van der Waals surface area contributed by atoms with Gasteiger partial charge in [-0.1, -0.05) is 42.5 Å². The van der Waals surface area contributed by atoms with E-state index < -0.39 is 24.0 Å². The summed E-state index contributed by atoms with van der Waals surface area (Å²) in [6, 6.07) is 14.5. The fourth-order valence-electron chi connectivity index (χ4n) is 2.22. The van der Waals surface area contributed by atoms with E-state index >= 15 is 0 Å². The van der Waals surface area contributed by atoms with Crippen LogP contribution in [0, 0.1) is 5.82 Å². The lowest BCUT2D eigenvalue weighted by molar-refractivity contribution is -0.153. The molecule has 2 aromatic rings. The topological polar surface area (TPSA) is 96.5 Å². The maximum absolute atomic E-state index is 12.8. The number of amides is 3. The van der Waals surface area contributed by atoms with Gasteiger partial charge < -0.3 is 20.7 Å². The largest absolute Gasteiger partial charge is 0.451 e. The molecule has 8 heteroatoms. The number of hydrogen-bond donors (Lipinski definition) is 3. The Morgan fingerprint density at radius 3 is 2.18 bits per heavy atom. The summed E-state index contributed by atoms with van der Waals surface area (Å²) in [5, 5.41) is 7.57. The van der Waals surface area contributed by atoms with Crippen molar-refractivity contribution in [3.05, 3.63) is 71.5 Å². The van der Waals surface area contributed by atoms with Crippen LogP contribution in [-0.2, 0) is 27.4 Å². The van der Waals surface area contributed by atoms with Gasteiger partial charge in [0.25, 0.3) is 5.91 Å². The Morgan fingerprint density at radius 2 is 1.50 bits per heavy atom. The van der Waals surface area contributed by atoms with Gasteiger partial charge in [0, 0.05) is 13.1 Å². The second kappa shape index (κ2) is 10.7.